The normalized spacial score (nSPS) is 21.1. The predicted molar refractivity (Wildman–Crippen MR) is 43.7 cm³/mol. The average molecular weight is 148 g/mol. The lowest BCUT2D eigenvalue weighted by molar-refractivity contribution is 0.348. The lowest BCUT2D eigenvalue weighted by Crippen LogP contribution is -2.04. The summed E-state index contributed by atoms with van der Waals surface area (Å²) in [6, 6.07) is 0. The fraction of sp³-hybridized carbons (Fsp3) is 0.250. The summed E-state index contributed by atoms with van der Waals surface area (Å²) < 4.78 is 5.26. The summed E-state index contributed by atoms with van der Waals surface area (Å²) in [4.78, 5) is 8.08. The Balaban J connectivity index is 2.22. The van der Waals surface area contributed by atoms with Crippen LogP contribution in [0.1, 0.15) is 0 Å². The van der Waals surface area contributed by atoms with Crippen LogP contribution < -0.4 is 4.99 Å². The van der Waals surface area contributed by atoms with Gasteiger partial charge in [0.05, 0.1) is 11.5 Å². The molecular formula is C8H8N2O+. The standard InChI is InChI=1S/C8H8N2O/c1-3-9-4-2-7(1)8-10-5-6-11-8/h1-4H,5-6H2/q+1. The first-order valence-electron chi connectivity index (χ1n) is 3.54. The second-order valence-corrected chi connectivity index (χ2v) is 2.27. The van der Waals surface area contributed by atoms with Crippen molar-refractivity contribution in [3.8, 4) is 0 Å². The molecule has 3 heteroatoms. The number of ether oxygens (including phenoxy) is 1. The summed E-state index contributed by atoms with van der Waals surface area (Å²) in [6.07, 6.45) is 7.26. The first kappa shape index (κ1) is 6.34. The summed E-state index contributed by atoms with van der Waals surface area (Å²) in [5, 5.41) is 0. The third-order valence-electron chi connectivity index (χ3n) is 1.51. The summed E-state index contributed by atoms with van der Waals surface area (Å²) in [5.41, 5.74) is 1.01. The Morgan fingerprint density at radius 3 is 3.18 bits per heavy atom. The molecule has 2 rings (SSSR count). The molecule has 2 aliphatic heterocycles. The minimum atomic E-state index is 0.706. The van der Waals surface area contributed by atoms with Crippen LogP contribution in [0.5, 0.6) is 0 Å². The molecule has 0 unspecified atom stereocenters. The SMILES string of the molecule is C1=CC(C2=NCCO2)=CC=[N+]1. The van der Waals surface area contributed by atoms with E-state index in [0.29, 0.717) is 6.61 Å². The molecule has 0 saturated heterocycles. The van der Waals surface area contributed by atoms with E-state index in [1.54, 1.807) is 12.4 Å². The van der Waals surface area contributed by atoms with E-state index < -0.39 is 0 Å². The molecule has 0 N–H and O–H groups in total. The van der Waals surface area contributed by atoms with Gasteiger partial charge in [-0.05, 0) is 0 Å². The minimum absolute atomic E-state index is 0.706. The van der Waals surface area contributed by atoms with Crippen molar-refractivity contribution in [1.29, 1.82) is 0 Å². The van der Waals surface area contributed by atoms with Crippen LogP contribution in [0, 0.1) is 0 Å². The van der Waals surface area contributed by atoms with Crippen molar-refractivity contribution < 1.29 is 4.74 Å². The average Bonchev–Trinajstić information content (AvgIpc) is 2.58. The Bertz CT molecular complexity index is 274. The molecule has 55 valence electrons. The van der Waals surface area contributed by atoms with Gasteiger partial charge < -0.3 is 4.74 Å². The number of rotatable bonds is 1. The molecule has 0 aromatic heterocycles. The highest BCUT2D eigenvalue weighted by Gasteiger charge is 2.13. The van der Waals surface area contributed by atoms with Gasteiger partial charge in [-0.3, -0.25) is 0 Å². The lowest BCUT2D eigenvalue weighted by atomic mass is 10.2. The van der Waals surface area contributed by atoms with Crippen molar-refractivity contribution >= 4 is 12.1 Å². The maximum Gasteiger partial charge on any atom is 0.243 e. The Morgan fingerprint density at radius 2 is 2.55 bits per heavy atom. The molecule has 0 aromatic rings. The maximum atomic E-state index is 5.26. The molecule has 0 aromatic carbocycles. The van der Waals surface area contributed by atoms with E-state index in [1.807, 2.05) is 12.2 Å². The molecule has 2 heterocycles. The molecule has 0 saturated carbocycles. The second kappa shape index (κ2) is 2.70. The van der Waals surface area contributed by atoms with Gasteiger partial charge in [0.15, 0.2) is 0 Å². The van der Waals surface area contributed by atoms with Crippen LogP contribution in [0.3, 0.4) is 0 Å². The van der Waals surface area contributed by atoms with Gasteiger partial charge in [-0.15, -0.1) is 0 Å². The Labute approximate surface area is 64.8 Å². The molecule has 1 radical (unpaired) electrons. The van der Waals surface area contributed by atoms with E-state index >= 15 is 0 Å². The fourth-order valence-corrected chi connectivity index (χ4v) is 1.00. The van der Waals surface area contributed by atoms with Crippen LogP contribution in [0.4, 0.5) is 0 Å². The maximum absolute atomic E-state index is 5.26. The van der Waals surface area contributed by atoms with Gasteiger partial charge in [0.1, 0.15) is 6.61 Å². The van der Waals surface area contributed by atoms with E-state index in [4.69, 9.17) is 4.74 Å². The van der Waals surface area contributed by atoms with Gasteiger partial charge >= 0.3 is 0 Å². The monoisotopic (exact) mass is 148 g/mol. The Hall–Kier alpha value is -1.38. The highest BCUT2D eigenvalue weighted by atomic mass is 16.5. The van der Waals surface area contributed by atoms with Gasteiger partial charge in [0.25, 0.3) is 0 Å². The summed E-state index contributed by atoms with van der Waals surface area (Å²) in [5.74, 6) is 0.743. The topological polar surface area (TPSA) is 35.7 Å². The quantitative estimate of drug-likeness (QED) is 0.526. The van der Waals surface area contributed by atoms with Crippen molar-refractivity contribution in [1.82, 2.24) is 4.99 Å². The number of aliphatic imine (C=N–C) groups is 2. The molecule has 0 amide bonds. The second-order valence-electron chi connectivity index (χ2n) is 2.27. The molecule has 0 aliphatic carbocycles. The molecule has 0 bridgehead atoms. The van der Waals surface area contributed by atoms with Crippen molar-refractivity contribution in [3.05, 3.63) is 23.9 Å². The van der Waals surface area contributed by atoms with E-state index in [1.165, 1.54) is 0 Å². The Kier molecular flexibility index (Phi) is 1.55. The first-order valence-corrected chi connectivity index (χ1v) is 3.54. The van der Waals surface area contributed by atoms with Gasteiger partial charge in [-0.25, -0.2) is 4.99 Å². The Morgan fingerprint density at radius 1 is 1.55 bits per heavy atom. The molecule has 0 fully saturated rings. The van der Waals surface area contributed by atoms with Gasteiger partial charge in [0, 0.05) is 17.7 Å². The highest BCUT2D eigenvalue weighted by molar-refractivity contribution is 6.01. The van der Waals surface area contributed by atoms with Crippen LogP contribution in [0.15, 0.2) is 28.9 Å². The minimum Gasteiger partial charge on any atom is -0.476 e. The van der Waals surface area contributed by atoms with Crippen molar-refractivity contribution in [2.45, 2.75) is 0 Å². The molecule has 2 aliphatic rings. The zero-order valence-corrected chi connectivity index (χ0v) is 6.03. The zero-order chi connectivity index (χ0) is 7.52. The number of hydrogen-bond acceptors (Lipinski definition) is 3. The van der Waals surface area contributed by atoms with E-state index in [0.717, 1.165) is 18.0 Å². The number of allylic oxidation sites excluding steroid dienone is 1. The molecule has 0 atom stereocenters. The fourth-order valence-electron chi connectivity index (χ4n) is 1.00. The zero-order valence-electron chi connectivity index (χ0n) is 6.03. The summed E-state index contributed by atoms with van der Waals surface area (Å²) in [7, 11) is 0. The van der Waals surface area contributed by atoms with Gasteiger partial charge in [-0.2, -0.15) is 0 Å². The molecule has 0 spiro atoms. The van der Waals surface area contributed by atoms with Crippen molar-refractivity contribution in [2.24, 2.45) is 4.99 Å². The van der Waals surface area contributed by atoms with E-state index in [9.17, 15) is 0 Å². The summed E-state index contributed by atoms with van der Waals surface area (Å²) in [6.45, 7) is 1.48. The first-order chi connectivity index (χ1) is 5.47. The van der Waals surface area contributed by atoms with Gasteiger partial charge in [-0.1, -0.05) is 0 Å². The van der Waals surface area contributed by atoms with Crippen LogP contribution in [-0.2, 0) is 4.74 Å². The van der Waals surface area contributed by atoms with Gasteiger partial charge in [0.2, 0.25) is 18.3 Å². The predicted octanol–water partition coefficient (Wildman–Crippen LogP) is 0.275. The lowest BCUT2D eigenvalue weighted by Gasteiger charge is -1.98. The number of nitrogens with zero attached hydrogens (tertiary/aromatic N) is 2. The van der Waals surface area contributed by atoms with Crippen LogP contribution in [0.25, 0.3) is 0 Å². The molecule has 11 heavy (non-hydrogen) atoms. The molecular weight excluding hydrogens is 140 g/mol. The van der Waals surface area contributed by atoms with Crippen molar-refractivity contribution in [2.75, 3.05) is 13.2 Å². The highest BCUT2D eigenvalue weighted by Crippen LogP contribution is 2.07. The third-order valence-corrected chi connectivity index (χ3v) is 1.51. The van der Waals surface area contributed by atoms with E-state index in [2.05, 4.69) is 9.98 Å². The van der Waals surface area contributed by atoms with Crippen LogP contribution in [-0.4, -0.2) is 25.3 Å². The van der Waals surface area contributed by atoms with Crippen molar-refractivity contribution in [3.63, 3.8) is 0 Å². The van der Waals surface area contributed by atoms with E-state index in [-0.39, 0.29) is 0 Å². The number of hydrogen-bond donors (Lipinski definition) is 0. The largest absolute Gasteiger partial charge is 0.476 e. The smallest absolute Gasteiger partial charge is 0.243 e. The van der Waals surface area contributed by atoms with Crippen LogP contribution >= 0.6 is 0 Å². The summed E-state index contributed by atoms with van der Waals surface area (Å²) >= 11 is 0. The third kappa shape index (κ3) is 1.22. The van der Waals surface area contributed by atoms with Crippen LogP contribution in [0.2, 0.25) is 0 Å². The molecule has 3 nitrogen and oxygen atoms in total.